The van der Waals surface area contributed by atoms with Crippen LogP contribution in [0.3, 0.4) is 0 Å². The first kappa shape index (κ1) is 13.3. The molecule has 0 spiro atoms. The number of nitrogens with one attached hydrogen (secondary N) is 2. The SMILES string of the molecule is CNCCCS(=O)(=O)NC1CCOC1C1CC1. The third-order valence-electron chi connectivity index (χ3n) is 3.39. The molecule has 6 heteroatoms. The van der Waals surface area contributed by atoms with Crippen LogP contribution in [0.15, 0.2) is 0 Å². The summed E-state index contributed by atoms with van der Waals surface area (Å²) in [6.45, 7) is 1.42. The van der Waals surface area contributed by atoms with Crippen molar-refractivity contribution in [2.45, 2.75) is 37.8 Å². The molecule has 2 rings (SSSR count). The molecule has 2 aliphatic rings. The quantitative estimate of drug-likeness (QED) is 0.638. The molecule has 100 valence electrons. The van der Waals surface area contributed by atoms with Gasteiger partial charge in [-0.3, -0.25) is 0 Å². The fourth-order valence-corrected chi connectivity index (χ4v) is 3.71. The first-order chi connectivity index (χ1) is 8.12. The minimum atomic E-state index is -3.15. The van der Waals surface area contributed by atoms with E-state index in [4.69, 9.17) is 4.74 Å². The van der Waals surface area contributed by atoms with Crippen LogP contribution in [0.5, 0.6) is 0 Å². The topological polar surface area (TPSA) is 67.4 Å². The summed E-state index contributed by atoms with van der Waals surface area (Å²) in [6.07, 6.45) is 3.94. The van der Waals surface area contributed by atoms with Gasteiger partial charge >= 0.3 is 0 Å². The van der Waals surface area contributed by atoms with Gasteiger partial charge in [0, 0.05) is 6.61 Å². The van der Waals surface area contributed by atoms with Crippen molar-refractivity contribution in [1.29, 1.82) is 0 Å². The zero-order chi connectivity index (χ0) is 12.3. The second-order valence-corrected chi connectivity index (χ2v) is 6.84. The molecule has 5 nitrogen and oxygen atoms in total. The minimum Gasteiger partial charge on any atom is -0.376 e. The second kappa shape index (κ2) is 5.65. The van der Waals surface area contributed by atoms with E-state index in [9.17, 15) is 8.42 Å². The van der Waals surface area contributed by atoms with Crippen molar-refractivity contribution in [1.82, 2.24) is 10.0 Å². The van der Waals surface area contributed by atoms with Gasteiger partial charge in [-0.1, -0.05) is 0 Å². The molecule has 0 radical (unpaired) electrons. The van der Waals surface area contributed by atoms with E-state index in [1.54, 1.807) is 0 Å². The maximum atomic E-state index is 11.9. The molecule has 1 saturated carbocycles. The fraction of sp³-hybridized carbons (Fsp3) is 1.00. The van der Waals surface area contributed by atoms with Crippen molar-refractivity contribution in [2.24, 2.45) is 5.92 Å². The lowest BCUT2D eigenvalue weighted by Gasteiger charge is -2.19. The highest BCUT2D eigenvalue weighted by atomic mass is 32.2. The smallest absolute Gasteiger partial charge is 0.211 e. The Balaban J connectivity index is 1.81. The predicted molar refractivity (Wildman–Crippen MR) is 66.3 cm³/mol. The summed E-state index contributed by atoms with van der Waals surface area (Å²) in [5, 5.41) is 2.95. The summed E-state index contributed by atoms with van der Waals surface area (Å²) < 4.78 is 32.1. The molecule has 1 aliphatic heterocycles. The molecule has 17 heavy (non-hydrogen) atoms. The Labute approximate surface area is 103 Å². The Hall–Kier alpha value is -0.170. The summed E-state index contributed by atoms with van der Waals surface area (Å²) in [6, 6.07) is 0.00193. The highest BCUT2D eigenvalue weighted by Crippen LogP contribution is 2.38. The van der Waals surface area contributed by atoms with Gasteiger partial charge in [0.25, 0.3) is 0 Å². The maximum Gasteiger partial charge on any atom is 0.211 e. The van der Waals surface area contributed by atoms with Gasteiger partial charge in [0.15, 0.2) is 0 Å². The summed E-state index contributed by atoms with van der Waals surface area (Å²) in [5.74, 6) is 0.782. The number of hydrogen-bond donors (Lipinski definition) is 2. The van der Waals surface area contributed by atoms with E-state index >= 15 is 0 Å². The van der Waals surface area contributed by atoms with Crippen LogP contribution >= 0.6 is 0 Å². The van der Waals surface area contributed by atoms with Gasteiger partial charge in [0.1, 0.15) is 0 Å². The first-order valence-electron chi connectivity index (χ1n) is 6.38. The van der Waals surface area contributed by atoms with Gasteiger partial charge < -0.3 is 10.1 Å². The van der Waals surface area contributed by atoms with E-state index in [2.05, 4.69) is 10.0 Å². The van der Waals surface area contributed by atoms with Crippen molar-refractivity contribution in [3.05, 3.63) is 0 Å². The lowest BCUT2D eigenvalue weighted by atomic mass is 10.1. The number of ether oxygens (including phenoxy) is 1. The number of rotatable bonds is 7. The first-order valence-corrected chi connectivity index (χ1v) is 8.04. The zero-order valence-electron chi connectivity index (χ0n) is 10.3. The Morgan fingerprint density at radius 1 is 1.29 bits per heavy atom. The van der Waals surface area contributed by atoms with Crippen LogP contribution in [0.2, 0.25) is 0 Å². The van der Waals surface area contributed by atoms with Gasteiger partial charge in [-0.05, 0) is 45.2 Å². The van der Waals surface area contributed by atoms with Crippen molar-refractivity contribution in [2.75, 3.05) is 26.0 Å². The summed E-state index contributed by atoms with van der Waals surface area (Å²) >= 11 is 0. The number of sulfonamides is 1. The molecule has 2 N–H and O–H groups in total. The molecule has 0 aromatic heterocycles. The van der Waals surface area contributed by atoms with Crippen LogP contribution in [0.4, 0.5) is 0 Å². The highest BCUT2D eigenvalue weighted by Gasteiger charge is 2.41. The molecular weight excluding hydrogens is 240 g/mol. The normalized spacial score (nSPS) is 29.7. The molecule has 1 aliphatic carbocycles. The molecule has 0 amide bonds. The Morgan fingerprint density at radius 3 is 2.71 bits per heavy atom. The molecule has 2 atom stereocenters. The van der Waals surface area contributed by atoms with E-state index in [1.807, 2.05) is 7.05 Å². The van der Waals surface area contributed by atoms with E-state index in [0.29, 0.717) is 18.9 Å². The van der Waals surface area contributed by atoms with Gasteiger partial charge in [-0.15, -0.1) is 0 Å². The minimum absolute atomic E-state index is 0.00193. The molecule has 0 aromatic rings. The molecule has 0 aromatic carbocycles. The summed E-state index contributed by atoms with van der Waals surface area (Å²) in [4.78, 5) is 0. The Morgan fingerprint density at radius 2 is 2.06 bits per heavy atom. The Kier molecular flexibility index (Phi) is 4.41. The average Bonchev–Trinajstić information content (AvgIpc) is 3.00. The highest BCUT2D eigenvalue weighted by molar-refractivity contribution is 7.89. The molecule has 1 heterocycles. The van der Waals surface area contributed by atoms with Crippen LogP contribution in [0.1, 0.15) is 25.7 Å². The van der Waals surface area contributed by atoms with Crippen LogP contribution in [-0.2, 0) is 14.8 Å². The summed E-state index contributed by atoms with van der Waals surface area (Å²) in [7, 11) is -1.32. The van der Waals surface area contributed by atoms with Gasteiger partial charge in [0.2, 0.25) is 10.0 Å². The monoisotopic (exact) mass is 262 g/mol. The van der Waals surface area contributed by atoms with E-state index in [-0.39, 0.29) is 17.9 Å². The third-order valence-corrected chi connectivity index (χ3v) is 4.88. The van der Waals surface area contributed by atoms with Crippen molar-refractivity contribution < 1.29 is 13.2 Å². The lowest BCUT2D eigenvalue weighted by molar-refractivity contribution is 0.0848. The van der Waals surface area contributed by atoms with Crippen molar-refractivity contribution in [3.8, 4) is 0 Å². The van der Waals surface area contributed by atoms with Gasteiger partial charge in [-0.2, -0.15) is 0 Å². The van der Waals surface area contributed by atoms with Gasteiger partial charge in [0.05, 0.1) is 17.9 Å². The fourth-order valence-electron chi connectivity index (χ4n) is 2.36. The van der Waals surface area contributed by atoms with E-state index in [1.165, 1.54) is 12.8 Å². The molecule has 1 saturated heterocycles. The van der Waals surface area contributed by atoms with Crippen LogP contribution in [-0.4, -0.2) is 46.5 Å². The van der Waals surface area contributed by atoms with Crippen molar-refractivity contribution in [3.63, 3.8) is 0 Å². The summed E-state index contributed by atoms with van der Waals surface area (Å²) in [5.41, 5.74) is 0. The van der Waals surface area contributed by atoms with E-state index in [0.717, 1.165) is 13.0 Å². The molecule has 2 fully saturated rings. The Bertz CT molecular complexity index is 341. The lowest BCUT2D eigenvalue weighted by Crippen LogP contribution is -2.42. The van der Waals surface area contributed by atoms with Crippen molar-refractivity contribution >= 4 is 10.0 Å². The van der Waals surface area contributed by atoms with Gasteiger partial charge in [-0.25, -0.2) is 13.1 Å². The van der Waals surface area contributed by atoms with Crippen LogP contribution in [0, 0.1) is 5.92 Å². The van der Waals surface area contributed by atoms with Crippen LogP contribution < -0.4 is 10.0 Å². The largest absolute Gasteiger partial charge is 0.376 e. The zero-order valence-corrected chi connectivity index (χ0v) is 11.1. The standard InChI is InChI=1S/C11H22N2O3S/c1-12-6-2-8-17(14,15)13-10-5-7-16-11(10)9-3-4-9/h9-13H,2-8H2,1H3. The number of hydrogen-bond acceptors (Lipinski definition) is 4. The van der Waals surface area contributed by atoms with E-state index < -0.39 is 10.0 Å². The molecular formula is C11H22N2O3S. The molecule has 0 bridgehead atoms. The molecule has 2 unspecified atom stereocenters. The second-order valence-electron chi connectivity index (χ2n) is 4.96. The van der Waals surface area contributed by atoms with Crippen LogP contribution in [0.25, 0.3) is 0 Å². The predicted octanol–water partition coefficient (Wildman–Crippen LogP) is 0.0828. The average molecular weight is 262 g/mol. The maximum absolute atomic E-state index is 11.9. The third kappa shape index (κ3) is 3.91.